The van der Waals surface area contributed by atoms with Crippen LogP contribution in [0, 0.1) is 0 Å². The van der Waals surface area contributed by atoms with E-state index >= 15 is 0 Å². The second-order valence-corrected chi connectivity index (χ2v) is 7.43. The maximum absolute atomic E-state index is 4.72. The smallest absolute Gasteiger partial charge is 0.147 e. The van der Waals surface area contributed by atoms with Crippen molar-refractivity contribution >= 4 is 11.3 Å². The molecule has 6 nitrogen and oxygen atoms in total. The predicted octanol–water partition coefficient (Wildman–Crippen LogP) is 1.64. The van der Waals surface area contributed by atoms with Crippen LogP contribution in [0.1, 0.15) is 37.3 Å². The lowest BCUT2D eigenvalue weighted by molar-refractivity contribution is 0.206. The van der Waals surface area contributed by atoms with Crippen molar-refractivity contribution in [3.8, 4) is 0 Å². The van der Waals surface area contributed by atoms with Crippen LogP contribution in [0.5, 0.6) is 0 Å². The number of nitrogens with zero attached hydrogens (tertiary/aromatic N) is 5. The van der Waals surface area contributed by atoms with Crippen molar-refractivity contribution in [3.63, 3.8) is 0 Å². The summed E-state index contributed by atoms with van der Waals surface area (Å²) in [6, 6.07) is 0. The van der Waals surface area contributed by atoms with Crippen molar-refractivity contribution in [3.05, 3.63) is 28.2 Å². The molecular weight excluding hydrogens is 284 g/mol. The van der Waals surface area contributed by atoms with Crippen molar-refractivity contribution in [1.29, 1.82) is 0 Å². The van der Waals surface area contributed by atoms with Crippen LogP contribution in [0.4, 0.5) is 0 Å². The summed E-state index contributed by atoms with van der Waals surface area (Å²) in [4.78, 5) is 7.10. The van der Waals surface area contributed by atoms with Crippen LogP contribution in [-0.2, 0) is 26.2 Å². The van der Waals surface area contributed by atoms with E-state index in [1.54, 1.807) is 11.3 Å². The first-order chi connectivity index (χ1) is 9.99. The fourth-order valence-corrected chi connectivity index (χ4v) is 3.05. The van der Waals surface area contributed by atoms with Crippen molar-refractivity contribution < 1.29 is 0 Å². The van der Waals surface area contributed by atoms with E-state index in [-0.39, 0.29) is 5.54 Å². The first-order valence-corrected chi connectivity index (χ1v) is 8.15. The van der Waals surface area contributed by atoms with Crippen LogP contribution in [0.15, 0.2) is 11.7 Å². The fraction of sp³-hybridized carbons (Fsp3) is 0.643. The molecule has 2 aromatic rings. The summed E-state index contributed by atoms with van der Waals surface area (Å²) < 4.78 is 2.12. The molecule has 21 heavy (non-hydrogen) atoms. The van der Waals surface area contributed by atoms with Crippen molar-refractivity contribution in [1.82, 2.24) is 30.0 Å². The van der Waals surface area contributed by atoms with E-state index < -0.39 is 0 Å². The largest absolute Gasteiger partial charge is 0.315 e. The normalized spacial score (nSPS) is 16.1. The van der Waals surface area contributed by atoms with Gasteiger partial charge in [0.25, 0.3) is 0 Å². The van der Waals surface area contributed by atoms with Crippen molar-refractivity contribution in [2.75, 3.05) is 6.54 Å². The molecule has 0 saturated heterocycles. The summed E-state index contributed by atoms with van der Waals surface area (Å²) in [5.41, 5.74) is 1.28. The Morgan fingerprint density at radius 2 is 2.19 bits per heavy atom. The number of thiazole rings is 1. The minimum atomic E-state index is 0.128. The molecule has 114 valence electrons. The van der Waals surface area contributed by atoms with Gasteiger partial charge in [-0.1, -0.05) is 0 Å². The SMILES string of the molecule is CC(C)(C)NCc1nc(CN2CCn3cnnc3C2)cs1. The number of hydrogen-bond donors (Lipinski definition) is 1. The Morgan fingerprint density at radius 3 is 3.00 bits per heavy atom. The van der Waals surface area contributed by atoms with Gasteiger partial charge in [-0.15, -0.1) is 21.5 Å². The first-order valence-electron chi connectivity index (χ1n) is 7.27. The molecule has 0 amide bonds. The molecular formula is C14H22N6S. The average molecular weight is 306 g/mol. The molecule has 0 unspecified atom stereocenters. The van der Waals surface area contributed by atoms with E-state index in [0.29, 0.717) is 0 Å². The lowest BCUT2D eigenvalue weighted by Crippen LogP contribution is -2.35. The fourth-order valence-electron chi connectivity index (χ4n) is 2.32. The molecule has 1 N–H and O–H groups in total. The number of hydrogen-bond acceptors (Lipinski definition) is 6. The van der Waals surface area contributed by atoms with Gasteiger partial charge in [0.05, 0.1) is 12.2 Å². The molecule has 0 aromatic carbocycles. The van der Waals surface area contributed by atoms with E-state index in [1.807, 2.05) is 6.33 Å². The second kappa shape index (κ2) is 5.82. The monoisotopic (exact) mass is 306 g/mol. The first kappa shape index (κ1) is 14.6. The van der Waals surface area contributed by atoms with Crippen LogP contribution >= 0.6 is 11.3 Å². The molecule has 2 aromatic heterocycles. The topological polar surface area (TPSA) is 58.9 Å². The van der Waals surface area contributed by atoms with Crippen LogP contribution in [0.3, 0.4) is 0 Å². The number of fused-ring (bicyclic) bond motifs is 1. The van der Waals surface area contributed by atoms with Crippen LogP contribution < -0.4 is 5.32 Å². The Hall–Kier alpha value is -1.31. The van der Waals surface area contributed by atoms with Gasteiger partial charge in [0, 0.05) is 37.1 Å². The Morgan fingerprint density at radius 1 is 1.33 bits per heavy atom. The highest BCUT2D eigenvalue weighted by Crippen LogP contribution is 2.16. The summed E-state index contributed by atoms with van der Waals surface area (Å²) in [6.07, 6.45) is 1.81. The zero-order valence-electron chi connectivity index (χ0n) is 12.8. The van der Waals surface area contributed by atoms with E-state index in [0.717, 1.165) is 49.2 Å². The Labute approximate surface area is 129 Å². The molecule has 0 atom stereocenters. The molecule has 0 bridgehead atoms. The van der Waals surface area contributed by atoms with Gasteiger partial charge in [0.2, 0.25) is 0 Å². The minimum absolute atomic E-state index is 0.128. The minimum Gasteiger partial charge on any atom is -0.315 e. The average Bonchev–Trinajstić information content (AvgIpc) is 3.04. The number of rotatable bonds is 4. The summed E-state index contributed by atoms with van der Waals surface area (Å²) in [5.74, 6) is 1.05. The van der Waals surface area contributed by atoms with Gasteiger partial charge in [-0.05, 0) is 20.8 Å². The summed E-state index contributed by atoms with van der Waals surface area (Å²) in [7, 11) is 0. The van der Waals surface area contributed by atoms with Crippen molar-refractivity contribution in [2.45, 2.75) is 52.5 Å². The van der Waals surface area contributed by atoms with E-state index in [9.17, 15) is 0 Å². The third-order valence-electron chi connectivity index (χ3n) is 3.47. The molecule has 3 rings (SSSR count). The lowest BCUT2D eigenvalue weighted by Gasteiger charge is -2.26. The molecule has 1 aliphatic heterocycles. The summed E-state index contributed by atoms with van der Waals surface area (Å²) in [5, 5.41) is 14.9. The third-order valence-corrected chi connectivity index (χ3v) is 4.37. The van der Waals surface area contributed by atoms with E-state index in [1.165, 1.54) is 0 Å². The maximum Gasteiger partial charge on any atom is 0.147 e. The van der Waals surface area contributed by atoms with Crippen LogP contribution in [0.25, 0.3) is 0 Å². The maximum atomic E-state index is 4.72. The van der Waals surface area contributed by atoms with Gasteiger partial charge in [0.1, 0.15) is 17.2 Å². The second-order valence-electron chi connectivity index (χ2n) is 6.49. The third kappa shape index (κ3) is 3.87. The Kier molecular flexibility index (Phi) is 4.05. The molecule has 0 radical (unpaired) electrons. The molecule has 0 saturated carbocycles. The van der Waals surface area contributed by atoms with Crippen molar-refractivity contribution in [2.24, 2.45) is 0 Å². The predicted molar refractivity (Wildman–Crippen MR) is 82.8 cm³/mol. The van der Waals surface area contributed by atoms with Crippen LogP contribution in [0.2, 0.25) is 0 Å². The van der Waals surface area contributed by atoms with Gasteiger partial charge in [-0.3, -0.25) is 4.90 Å². The lowest BCUT2D eigenvalue weighted by atomic mass is 10.1. The Bertz CT molecular complexity index is 597. The highest BCUT2D eigenvalue weighted by Gasteiger charge is 2.18. The molecule has 7 heteroatoms. The van der Waals surface area contributed by atoms with Gasteiger partial charge in [0.15, 0.2) is 0 Å². The Balaban J connectivity index is 1.56. The summed E-state index contributed by atoms with van der Waals surface area (Å²) >= 11 is 1.73. The molecule has 1 aliphatic rings. The van der Waals surface area contributed by atoms with Gasteiger partial charge >= 0.3 is 0 Å². The van der Waals surface area contributed by atoms with E-state index in [4.69, 9.17) is 4.98 Å². The number of aromatic nitrogens is 4. The quantitative estimate of drug-likeness (QED) is 0.930. The van der Waals surface area contributed by atoms with Gasteiger partial charge < -0.3 is 9.88 Å². The van der Waals surface area contributed by atoms with Gasteiger partial charge in [-0.2, -0.15) is 0 Å². The van der Waals surface area contributed by atoms with E-state index in [2.05, 4.69) is 51.1 Å². The molecule has 3 heterocycles. The highest BCUT2D eigenvalue weighted by atomic mass is 32.1. The number of nitrogens with one attached hydrogen (secondary N) is 1. The van der Waals surface area contributed by atoms with Crippen LogP contribution in [-0.4, -0.2) is 36.7 Å². The standard InChI is InChI=1S/C14H22N6S/c1-14(2,3)15-6-13-17-11(9-21-13)7-19-4-5-20-10-16-18-12(20)8-19/h9-10,15H,4-8H2,1-3H3. The zero-order chi connectivity index (χ0) is 14.9. The molecule has 0 aliphatic carbocycles. The zero-order valence-corrected chi connectivity index (χ0v) is 13.7. The highest BCUT2D eigenvalue weighted by molar-refractivity contribution is 7.09. The van der Waals surface area contributed by atoms with Gasteiger partial charge in [-0.25, -0.2) is 4.98 Å². The molecule has 0 spiro atoms. The molecule has 0 fully saturated rings. The summed E-state index contributed by atoms with van der Waals surface area (Å²) in [6.45, 7) is 11.1.